The summed E-state index contributed by atoms with van der Waals surface area (Å²) < 4.78 is 5.36. The molecule has 0 fully saturated rings. The van der Waals surface area contributed by atoms with Crippen molar-refractivity contribution in [1.29, 1.82) is 0 Å². The van der Waals surface area contributed by atoms with E-state index in [9.17, 15) is 5.11 Å². The van der Waals surface area contributed by atoms with E-state index < -0.39 is 0 Å². The van der Waals surface area contributed by atoms with E-state index in [0.717, 1.165) is 37.2 Å². The van der Waals surface area contributed by atoms with Crippen LogP contribution in [0.15, 0.2) is 24.3 Å². The summed E-state index contributed by atoms with van der Waals surface area (Å²) >= 11 is 0. The molecule has 96 valence electrons. The molecule has 2 N–H and O–H groups in total. The maximum absolute atomic E-state index is 9.97. The molecule has 3 heteroatoms. The third-order valence-electron chi connectivity index (χ3n) is 2.66. The van der Waals surface area contributed by atoms with Gasteiger partial charge in [0.1, 0.15) is 5.75 Å². The van der Waals surface area contributed by atoms with E-state index in [2.05, 4.69) is 12.2 Å². The second-order valence-electron chi connectivity index (χ2n) is 4.01. The Morgan fingerprint density at radius 1 is 1.24 bits per heavy atom. The lowest BCUT2D eigenvalue weighted by Crippen LogP contribution is -2.14. The molecule has 0 aliphatic heterocycles. The Morgan fingerprint density at radius 3 is 2.53 bits per heavy atom. The molecule has 0 aliphatic rings. The van der Waals surface area contributed by atoms with Crippen molar-refractivity contribution in [3.8, 4) is 5.75 Å². The van der Waals surface area contributed by atoms with E-state index in [0.29, 0.717) is 6.61 Å². The van der Waals surface area contributed by atoms with Crippen molar-refractivity contribution in [3.05, 3.63) is 29.8 Å². The molecule has 1 unspecified atom stereocenters. The van der Waals surface area contributed by atoms with Crippen LogP contribution in [0.2, 0.25) is 0 Å². The smallest absolute Gasteiger partial charge is 0.119 e. The zero-order chi connectivity index (χ0) is 12.5. The summed E-state index contributed by atoms with van der Waals surface area (Å²) in [6.07, 6.45) is 1.41. The Hall–Kier alpha value is -1.06. The zero-order valence-corrected chi connectivity index (χ0v) is 10.8. The number of aliphatic hydroxyl groups is 1. The van der Waals surface area contributed by atoms with Gasteiger partial charge in [-0.2, -0.15) is 0 Å². The van der Waals surface area contributed by atoms with Gasteiger partial charge in [-0.25, -0.2) is 0 Å². The quantitative estimate of drug-likeness (QED) is 0.683. The monoisotopic (exact) mass is 237 g/mol. The number of ether oxygens (including phenoxy) is 1. The van der Waals surface area contributed by atoms with Crippen LogP contribution in [0.3, 0.4) is 0 Å². The fourth-order valence-electron chi connectivity index (χ4n) is 1.72. The average molecular weight is 237 g/mol. The number of benzene rings is 1. The van der Waals surface area contributed by atoms with Gasteiger partial charge in [-0.15, -0.1) is 0 Å². The molecule has 1 aromatic carbocycles. The lowest BCUT2D eigenvalue weighted by atomic mass is 10.0. The first-order valence-electron chi connectivity index (χ1n) is 6.39. The predicted molar refractivity (Wildman–Crippen MR) is 70.3 cm³/mol. The van der Waals surface area contributed by atoms with Crippen LogP contribution in [0.5, 0.6) is 5.75 Å². The van der Waals surface area contributed by atoms with E-state index in [4.69, 9.17) is 4.74 Å². The summed E-state index contributed by atoms with van der Waals surface area (Å²) in [7, 11) is 0. The summed E-state index contributed by atoms with van der Waals surface area (Å²) in [5, 5.41) is 13.2. The van der Waals surface area contributed by atoms with Gasteiger partial charge in [0.25, 0.3) is 0 Å². The molecule has 0 aliphatic carbocycles. The fourth-order valence-corrected chi connectivity index (χ4v) is 1.72. The molecule has 0 radical (unpaired) electrons. The topological polar surface area (TPSA) is 41.5 Å². The molecule has 17 heavy (non-hydrogen) atoms. The highest BCUT2D eigenvalue weighted by molar-refractivity contribution is 5.28. The predicted octanol–water partition coefficient (Wildman–Crippen LogP) is 2.51. The van der Waals surface area contributed by atoms with Crippen molar-refractivity contribution in [2.45, 2.75) is 32.8 Å². The minimum atomic E-state index is -0.371. The van der Waals surface area contributed by atoms with Crippen LogP contribution in [0.25, 0.3) is 0 Å². The van der Waals surface area contributed by atoms with E-state index in [1.807, 2.05) is 31.2 Å². The van der Waals surface area contributed by atoms with Crippen LogP contribution in [0.1, 0.15) is 38.4 Å². The second kappa shape index (κ2) is 8.09. The highest BCUT2D eigenvalue weighted by Crippen LogP contribution is 2.21. The van der Waals surface area contributed by atoms with Crippen LogP contribution < -0.4 is 10.1 Å². The van der Waals surface area contributed by atoms with Crippen molar-refractivity contribution in [2.75, 3.05) is 19.7 Å². The maximum Gasteiger partial charge on any atom is 0.119 e. The lowest BCUT2D eigenvalue weighted by Gasteiger charge is -2.12. The van der Waals surface area contributed by atoms with Crippen LogP contribution in [-0.2, 0) is 0 Å². The summed E-state index contributed by atoms with van der Waals surface area (Å²) in [4.78, 5) is 0. The van der Waals surface area contributed by atoms with Crippen molar-refractivity contribution in [3.63, 3.8) is 0 Å². The summed E-state index contributed by atoms with van der Waals surface area (Å²) in [5.74, 6) is 0.857. The van der Waals surface area contributed by atoms with Crippen molar-refractivity contribution < 1.29 is 9.84 Å². The van der Waals surface area contributed by atoms with Gasteiger partial charge in [-0.05, 0) is 50.6 Å². The standard InChI is InChI=1S/C14H23NO2/c1-3-15-11-5-6-14(16)12-7-9-13(10-8-12)17-4-2/h7-10,14-16H,3-6,11H2,1-2H3. The molecule has 0 saturated heterocycles. The molecule has 0 bridgehead atoms. The van der Waals surface area contributed by atoms with Gasteiger partial charge in [0, 0.05) is 0 Å². The second-order valence-corrected chi connectivity index (χ2v) is 4.01. The number of aliphatic hydroxyl groups excluding tert-OH is 1. The van der Waals surface area contributed by atoms with Crippen molar-refractivity contribution in [2.24, 2.45) is 0 Å². The van der Waals surface area contributed by atoms with E-state index in [-0.39, 0.29) is 6.10 Å². The molecule has 0 spiro atoms. The van der Waals surface area contributed by atoms with Crippen LogP contribution in [-0.4, -0.2) is 24.8 Å². The molecule has 0 heterocycles. The van der Waals surface area contributed by atoms with E-state index >= 15 is 0 Å². The first-order chi connectivity index (χ1) is 8.27. The van der Waals surface area contributed by atoms with Crippen LogP contribution >= 0.6 is 0 Å². The van der Waals surface area contributed by atoms with E-state index in [1.165, 1.54) is 0 Å². The third-order valence-corrected chi connectivity index (χ3v) is 2.66. The molecule has 0 aromatic heterocycles. The summed E-state index contributed by atoms with van der Waals surface area (Å²) in [6, 6.07) is 7.69. The number of hydrogen-bond donors (Lipinski definition) is 2. The maximum atomic E-state index is 9.97. The molecule has 1 rings (SSSR count). The van der Waals surface area contributed by atoms with Crippen molar-refractivity contribution >= 4 is 0 Å². The number of nitrogens with one attached hydrogen (secondary N) is 1. The van der Waals surface area contributed by atoms with Gasteiger partial charge in [0.2, 0.25) is 0 Å². The molecular weight excluding hydrogens is 214 g/mol. The normalized spacial score (nSPS) is 12.4. The third kappa shape index (κ3) is 5.20. The molecule has 0 amide bonds. The van der Waals surface area contributed by atoms with Crippen molar-refractivity contribution in [1.82, 2.24) is 5.32 Å². The van der Waals surface area contributed by atoms with Gasteiger partial charge < -0.3 is 15.2 Å². The Balaban J connectivity index is 2.37. The molecular formula is C14H23NO2. The highest BCUT2D eigenvalue weighted by Gasteiger charge is 2.06. The SMILES string of the molecule is CCNCCCC(O)c1ccc(OCC)cc1. The van der Waals surface area contributed by atoms with E-state index in [1.54, 1.807) is 0 Å². The van der Waals surface area contributed by atoms with Crippen LogP contribution in [0.4, 0.5) is 0 Å². The van der Waals surface area contributed by atoms with Gasteiger partial charge in [-0.1, -0.05) is 19.1 Å². The Morgan fingerprint density at radius 2 is 1.94 bits per heavy atom. The van der Waals surface area contributed by atoms with Gasteiger partial charge in [0.15, 0.2) is 0 Å². The van der Waals surface area contributed by atoms with Gasteiger partial charge in [-0.3, -0.25) is 0 Å². The van der Waals surface area contributed by atoms with Crippen LogP contribution in [0, 0.1) is 0 Å². The fraction of sp³-hybridized carbons (Fsp3) is 0.571. The molecule has 1 aromatic rings. The Labute approximate surface area is 104 Å². The number of hydrogen-bond acceptors (Lipinski definition) is 3. The summed E-state index contributed by atoms with van der Waals surface area (Å²) in [5.41, 5.74) is 0.963. The van der Waals surface area contributed by atoms with Gasteiger partial charge in [0.05, 0.1) is 12.7 Å². The molecule has 3 nitrogen and oxygen atoms in total. The first kappa shape index (κ1) is 14.0. The number of rotatable bonds is 8. The Bertz CT molecular complexity index is 298. The first-order valence-corrected chi connectivity index (χ1v) is 6.39. The zero-order valence-electron chi connectivity index (χ0n) is 10.8. The largest absolute Gasteiger partial charge is 0.494 e. The molecule has 1 atom stereocenters. The minimum absolute atomic E-state index is 0.371. The Kier molecular flexibility index (Phi) is 6.67. The molecule has 0 saturated carbocycles. The minimum Gasteiger partial charge on any atom is -0.494 e. The van der Waals surface area contributed by atoms with Gasteiger partial charge >= 0.3 is 0 Å². The highest BCUT2D eigenvalue weighted by atomic mass is 16.5. The average Bonchev–Trinajstić information content (AvgIpc) is 2.36. The summed E-state index contributed by atoms with van der Waals surface area (Å²) in [6.45, 7) is 6.67. The lowest BCUT2D eigenvalue weighted by molar-refractivity contribution is 0.164.